The van der Waals surface area contributed by atoms with Gasteiger partial charge in [0.15, 0.2) is 11.5 Å². The molecule has 4 N–H and O–H groups in total. The van der Waals surface area contributed by atoms with E-state index < -0.39 is 0 Å². The first-order valence-electron chi connectivity index (χ1n) is 6.52. The van der Waals surface area contributed by atoms with E-state index in [1.807, 2.05) is 4.57 Å². The number of anilines is 2. The highest BCUT2D eigenvalue weighted by molar-refractivity contribution is 5.80. The highest BCUT2D eigenvalue weighted by Gasteiger charge is 2.07. The predicted octanol–water partition coefficient (Wildman–Crippen LogP) is 0.243. The van der Waals surface area contributed by atoms with Crippen molar-refractivity contribution in [2.75, 3.05) is 11.5 Å². The highest BCUT2D eigenvalue weighted by atomic mass is 16.1. The Morgan fingerprint density at radius 3 is 2.71 bits per heavy atom. The summed E-state index contributed by atoms with van der Waals surface area (Å²) < 4.78 is 3.49. The van der Waals surface area contributed by atoms with Gasteiger partial charge >= 0.3 is 0 Å². The number of hydrogen-bond acceptors (Lipinski definition) is 6. The Morgan fingerprint density at radius 1 is 1.05 bits per heavy atom. The lowest BCUT2D eigenvalue weighted by Crippen LogP contribution is -2.19. The summed E-state index contributed by atoms with van der Waals surface area (Å²) in [6.45, 7) is 1.25. The number of rotatable bonds is 4. The Bertz CT molecular complexity index is 836. The van der Waals surface area contributed by atoms with Gasteiger partial charge in [-0.25, -0.2) is 15.0 Å². The van der Waals surface area contributed by atoms with Crippen LogP contribution in [0, 0.1) is 0 Å². The number of imidazole rings is 1. The van der Waals surface area contributed by atoms with Crippen LogP contribution < -0.4 is 17.0 Å². The van der Waals surface area contributed by atoms with Crippen molar-refractivity contribution in [3.05, 3.63) is 41.3 Å². The van der Waals surface area contributed by atoms with Crippen LogP contribution >= 0.6 is 0 Å². The minimum Gasteiger partial charge on any atom is -0.398 e. The molecular formula is C13H15N7O. The summed E-state index contributed by atoms with van der Waals surface area (Å²) in [5, 5.41) is 0. The first-order chi connectivity index (χ1) is 10.1. The van der Waals surface area contributed by atoms with Crippen LogP contribution in [0.3, 0.4) is 0 Å². The molecule has 3 aromatic heterocycles. The molecule has 8 nitrogen and oxygen atoms in total. The molecule has 108 valence electrons. The lowest BCUT2D eigenvalue weighted by Gasteiger charge is -2.07. The smallest absolute Gasteiger partial charge is 0.250 e. The minimum absolute atomic E-state index is 0.0636. The van der Waals surface area contributed by atoms with Gasteiger partial charge in [-0.15, -0.1) is 0 Å². The van der Waals surface area contributed by atoms with Gasteiger partial charge in [0, 0.05) is 31.0 Å². The van der Waals surface area contributed by atoms with Gasteiger partial charge in [-0.3, -0.25) is 4.79 Å². The molecule has 0 fully saturated rings. The molecule has 0 atom stereocenters. The van der Waals surface area contributed by atoms with Gasteiger partial charge in [0.05, 0.1) is 6.33 Å². The maximum absolute atomic E-state index is 11.7. The summed E-state index contributed by atoms with van der Waals surface area (Å²) in [7, 11) is 0. The van der Waals surface area contributed by atoms with E-state index in [0.717, 1.165) is 6.42 Å². The molecule has 3 rings (SSSR count). The molecule has 0 saturated heterocycles. The molecule has 0 unspecified atom stereocenters. The third-order valence-corrected chi connectivity index (χ3v) is 3.23. The summed E-state index contributed by atoms with van der Waals surface area (Å²) in [5.74, 6) is 0.366. The van der Waals surface area contributed by atoms with E-state index in [9.17, 15) is 4.79 Å². The number of aromatic nitrogens is 5. The molecule has 0 saturated carbocycles. The summed E-state index contributed by atoms with van der Waals surface area (Å²) in [6.07, 6.45) is 5.49. The van der Waals surface area contributed by atoms with Gasteiger partial charge in [-0.05, 0) is 12.5 Å². The largest absolute Gasteiger partial charge is 0.398 e. The molecular weight excluding hydrogens is 270 g/mol. The first kappa shape index (κ1) is 13.1. The SMILES string of the molecule is Nc1ccc(=O)n(CCCn2cnc3c(N)ncnc32)c1. The molecule has 0 aliphatic rings. The Morgan fingerprint density at radius 2 is 1.86 bits per heavy atom. The zero-order valence-electron chi connectivity index (χ0n) is 11.3. The average Bonchev–Trinajstić information content (AvgIpc) is 2.88. The van der Waals surface area contributed by atoms with E-state index in [1.165, 1.54) is 12.4 Å². The lowest BCUT2D eigenvalue weighted by atomic mass is 10.3. The zero-order valence-corrected chi connectivity index (χ0v) is 11.3. The molecule has 0 amide bonds. The maximum atomic E-state index is 11.7. The normalized spacial score (nSPS) is 11.0. The number of fused-ring (bicyclic) bond motifs is 1. The fourth-order valence-corrected chi connectivity index (χ4v) is 2.20. The Hall–Kier alpha value is -2.90. The fraction of sp³-hybridized carbons (Fsp3) is 0.231. The van der Waals surface area contributed by atoms with Crippen molar-refractivity contribution in [3.63, 3.8) is 0 Å². The lowest BCUT2D eigenvalue weighted by molar-refractivity contribution is 0.559. The fourth-order valence-electron chi connectivity index (χ4n) is 2.20. The van der Waals surface area contributed by atoms with Gasteiger partial charge in [0.25, 0.3) is 5.56 Å². The zero-order chi connectivity index (χ0) is 14.8. The van der Waals surface area contributed by atoms with Crippen LogP contribution in [0.5, 0.6) is 0 Å². The van der Waals surface area contributed by atoms with Crippen molar-refractivity contribution in [1.82, 2.24) is 24.1 Å². The van der Waals surface area contributed by atoms with Crippen molar-refractivity contribution < 1.29 is 0 Å². The number of nitrogen functional groups attached to an aromatic ring is 2. The third kappa shape index (κ3) is 2.55. The summed E-state index contributed by atoms with van der Waals surface area (Å²) in [6, 6.07) is 3.07. The second-order valence-electron chi connectivity index (χ2n) is 4.72. The maximum Gasteiger partial charge on any atom is 0.250 e. The van der Waals surface area contributed by atoms with E-state index in [1.54, 1.807) is 23.2 Å². The molecule has 0 aliphatic heterocycles. The number of nitrogens with two attached hydrogens (primary N) is 2. The van der Waals surface area contributed by atoms with Gasteiger partial charge in [-0.2, -0.15) is 0 Å². The monoisotopic (exact) mass is 285 g/mol. The summed E-state index contributed by atoms with van der Waals surface area (Å²) in [4.78, 5) is 24.0. The first-order valence-corrected chi connectivity index (χ1v) is 6.52. The van der Waals surface area contributed by atoms with Crippen molar-refractivity contribution in [2.24, 2.45) is 0 Å². The van der Waals surface area contributed by atoms with Crippen LogP contribution in [0.4, 0.5) is 11.5 Å². The highest BCUT2D eigenvalue weighted by Crippen LogP contribution is 2.14. The molecule has 0 aliphatic carbocycles. The van der Waals surface area contributed by atoms with Crippen molar-refractivity contribution in [2.45, 2.75) is 19.5 Å². The van der Waals surface area contributed by atoms with Crippen LogP contribution in [-0.2, 0) is 13.1 Å². The molecule has 0 radical (unpaired) electrons. The predicted molar refractivity (Wildman–Crippen MR) is 79.5 cm³/mol. The second-order valence-corrected chi connectivity index (χ2v) is 4.72. The van der Waals surface area contributed by atoms with Crippen LogP contribution in [0.25, 0.3) is 11.2 Å². The third-order valence-electron chi connectivity index (χ3n) is 3.23. The van der Waals surface area contributed by atoms with E-state index >= 15 is 0 Å². The van der Waals surface area contributed by atoms with E-state index in [0.29, 0.717) is 35.8 Å². The van der Waals surface area contributed by atoms with E-state index in [-0.39, 0.29) is 5.56 Å². The van der Waals surface area contributed by atoms with Crippen LogP contribution in [0.2, 0.25) is 0 Å². The molecule has 8 heteroatoms. The standard InChI is InChI=1S/C13H15N7O/c14-9-2-3-10(21)19(6-9)4-1-5-20-8-18-11-12(15)16-7-17-13(11)20/h2-3,6-8H,1,4-5,14H2,(H2,15,16,17). The van der Waals surface area contributed by atoms with Crippen molar-refractivity contribution in [3.8, 4) is 0 Å². The molecule has 3 aromatic rings. The minimum atomic E-state index is -0.0636. The summed E-state index contributed by atoms with van der Waals surface area (Å²) >= 11 is 0. The van der Waals surface area contributed by atoms with Gasteiger partial charge < -0.3 is 20.6 Å². The Labute approximate surface area is 120 Å². The van der Waals surface area contributed by atoms with E-state index in [4.69, 9.17) is 11.5 Å². The number of nitrogens with zero attached hydrogens (tertiary/aromatic N) is 5. The molecule has 0 aromatic carbocycles. The van der Waals surface area contributed by atoms with Crippen LogP contribution in [-0.4, -0.2) is 24.1 Å². The average molecular weight is 285 g/mol. The topological polar surface area (TPSA) is 118 Å². The Kier molecular flexibility index (Phi) is 3.27. The second kappa shape index (κ2) is 5.23. The summed E-state index contributed by atoms with van der Waals surface area (Å²) in [5.41, 5.74) is 13.2. The van der Waals surface area contributed by atoms with Gasteiger partial charge in [0.1, 0.15) is 11.8 Å². The van der Waals surface area contributed by atoms with Gasteiger partial charge in [0.2, 0.25) is 0 Å². The number of hydrogen-bond donors (Lipinski definition) is 2. The van der Waals surface area contributed by atoms with Crippen LogP contribution in [0.1, 0.15) is 6.42 Å². The molecule has 0 bridgehead atoms. The van der Waals surface area contributed by atoms with Gasteiger partial charge in [-0.1, -0.05) is 0 Å². The Balaban J connectivity index is 1.74. The van der Waals surface area contributed by atoms with Crippen LogP contribution in [0.15, 0.2) is 35.8 Å². The van der Waals surface area contributed by atoms with Crippen molar-refractivity contribution in [1.29, 1.82) is 0 Å². The van der Waals surface area contributed by atoms with E-state index in [2.05, 4.69) is 15.0 Å². The molecule has 21 heavy (non-hydrogen) atoms. The quantitative estimate of drug-likeness (QED) is 0.709. The number of aryl methyl sites for hydroxylation is 2. The molecule has 3 heterocycles. The molecule has 0 spiro atoms. The number of pyridine rings is 1. The van der Waals surface area contributed by atoms with Crippen molar-refractivity contribution >= 4 is 22.7 Å².